The Balaban J connectivity index is 1.24. The van der Waals surface area contributed by atoms with E-state index in [0.717, 1.165) is 37.6 Å². The average molecular weight is 482 g/mol. The first-order valence-electron chi connectivity index (χ1n) is 11.8. The van der Waals surface area contributed by atoms with Gasteiger partial charge in [-0.15, -0.1) is 0 Å². The molecule has 10 nitrogen and oxygen atoms in total. The van der Waals surface area contributed by atoms with Crippen molar-refractivity contribution in [1.82, 2.24) is 34.7 Å². The Morgan fingerprint density at radius 1 is 0.806 bits per heavy atom. The summed E-state index contributed by atoms with van der Waals surface area (Å²) in [5, 5.41) is 6.38. The van der Waals surface area contributed by atoms with Crippen LogP contribution in [-0.4, -0.2) is 73.9 Å². The fraction of sp³-hybridized carbons (Fsp3) is 0.231. The number of aromatic nitrogens is 5. The number of hydrogen-bond donors (Lipinski definition) is 2. The second-order valence-electron chi connectivity index (χ2n) is 8.62. The number of hydrogen-bond acceptors (Lipinski definition) is 9. The van der Waals surface area contributed by atoms with E-state index < -0.39 is 0 Å². The van der Waals surface area contributed by atoms with Gasteiger partial charge in [0.15, 0.2) is 5.82 Å². The van der Waals surface area contributed by atoms with Crippen LogP contribution in [0.1, 0.15) is 16.1 Å². The summed E-state index contributed by atoms with van der Waals surface area (Å²) in [6.45, 7) is 5.22. The molecular formula is C26H27N9O. The number of pyridine rings is 1. The monoisotopic (exact) mass is 481 g/mol. The van der Waals surface area contributed by atoms with E-state index in [1.807, 2.05) is 54.3 Å². The van der Waals surface area contributed by atoms with Crippen molar-refractivity contribution < 1.29 is 4.79 Å². The Labute approximate surface area is 209 Å². The molecule has 3 aromatic heterocycles. The van der Waals surface area contributed by atoms with E-state index in [-0.39, 0.29) is 5.91 Å². The number of anilines is 4. The van der Waals surface area contributed by atoms with Crippen LogP contribution in [0, 0.1) is 6.92 Å². The zero-order valence-corrected chi connectivity index (χ0v) is 20.2. The maximum Gasteiger partial charge on any atom is 0.253 e. The summed E-state index contributed by atoms with van der Waals surface area (Å²) in [6, 6.07) is 16.6. The van der Waals surface area contributed by atoms with Gasteiger partial charge in [0.2, 0.25) is 5.95 Å². The number of aryl methyl sites for hydroxylation is 1. The molecule has 0 radical (unpaired) electrons. The van der Waals surface area contributed by atoms with Gasteiger partial charge in [-0.25, -0.2) is 19.9 Å². The smallest absolute Gasteiger partial charge is 0.253 e. The van der Waals surface area contributed by atoms with Crippen molar-refractivity contribution in [3.8, 4) is 11.5 Å². The number of carbonyl (C=O) groups is 1. The number of nitrogens with zero attached hydrogens (tertiary/aromatic N) is 7. The third-order valence-electron chi connectivity index (χ3n) is 5.86. The van der Waals surface area contributed by atoms with Gasteiger partial charge in [-0.2, -0.15) is 4.98 Å². The van der Waals surface area contributed by atoms with E-state index in [1.54, 1.807) is 24.5 Å². The van der Waals surface area contributed by atoms with Crippen LogP contribution in [0.2, 0.25) is 0 Å². The minimum absolute atomic E-state index is 0.0576. The molecule has 5 rings (SSSR count). The molecule has 0 bridgehead atoms. The van der Waals surface area contributed by atoms with Gasteiger partial charge >= 0.3 is 0 Å². The van der Waals surface area contributed by atoms with Gasteiger partial charge in [0.1, 0.15) is 17.3 Å². The zero-order valence-electron chi connectivity index (χ0n) is 20.2. The predicted octanol–water partition coefficient (Wildman–Crippen LogP) is 3.51. The number of amides is 1. The van der Waals surface area contributed by atoms with Crippen LogP contribution in [0.15, 0.2) is 67.0 Å². The van der Waals surface area contributed by atoms with Gasteiger partial charge in [0.25, 0.3) is 5.91 Å². The summed E-state index contributed by atoms with van der Waals surface area (Å²) in [5.74, 6) is 2.19. The summed E-state index contributed by atoms with van der Waals surface area (Å²) < 4.78 is 0. The first kappa shape index (κ1) is 23.3. The lowest BCUT2D eigenvalue weighted by Crippen LogP contribution is -2.47. The fourth-order valence-corrected chi connectivity index (χ4v) is 3.86. The lowest BCUT2D eigenvalue weighted by atomic mass is 10.1. The average Bonchev–Trinajstić information content (AvgIpc) is 2.90. The topological polar surface area (TPSA) is 112 Å². The van der Waals surface area contributed by atoms with Gasteiger partial charge in [0, 0.05) is 55.5 Å². The summed E-state index contributed by atoms with van der Waals surface area (Å²) in [7, 11) is 2.07. The number of likely N-dealkylation sites (N-methyl/N-ethyl adjacent to an activating group) is 1. The molecule has 1 amide bonds. The molecule has 0 spiro atoms. The molecule has 4 heterocycles. The molecule has 0 aliphatic carbocycles. The van der Waals surface area contributed by atoms with E-state index in [4.69, 9.17) is 0 Å². The van der Waals surface area contributed by atoms with Crippen molar-refractivity contribution >= 4 is 29.2 Å². The maximum absolute atomic E-state index is 12.8. The molecule has 10 heteroatoms. The first-order valence-corrected chi connectivity index (χ1v) is 11.8. The van der Waals surface area contributed by atoms with Crippen molar-refractivity contribution in [3.05, 3.63) is 78.2 Å². The third-order valence-corrected chi connectivity index (χ3v) is 5.86. The van der Waals surface area contributed by atoms with Crippen molar-refractivity contribution in [2.45, 2.75) is 6.92 Å². The van der Waals surface area contributed by atoms with E-state index in [2.05, 4.69) is 47.5 Å². The number of benzene rings is 1. The molecule has 4 aromatic rings. The number of carbonyl (C=O) groups excluding carboxylic acids is 1. The van der Waals surface area contributed by atoms with Crippen molar-refractivity contribution in [2.75, 3.05) is 43.9 Å². The highest BCUT2D eigenvalue weighted by atomic mass is 16.2. The minimum Gasteiger partial charge on any atom is -0.336 e. The lowest BCUT2D eigenvalue weighted by Gasteiger charge is -2.32. The van der Waals surface area contributed by atoms with E-state index in [9.17, 15) is 4.79 Å². The van der Waals surface area contributed by atoms with Crippen LogP contribution in [0.3, 0.4) is 0 Å². The van der Waals surface area contributed by atoms with Gasteiger partial charge in [0.05, 0.1) is 0 Å². The second kappa shape index (κ2) is 10.4. The van der Waals surface area contributed by atoms with Crippen LogP contribution < -0.4 is 10.6 Å². The summed E-state index contributed by atoms with van der Waals surface area (Å²) in [5.41, 5.74) is 3.07. The van der Waals surface area contributed by atoms with Gasteiger partial charge in [-0.3, -0.25) is 4.79 Å². The Bertz CT molecular complexity index is 1350. The number of nitrogens with one attached hydrogen (secondary N) is 2. The van der Waals surface area contributed by atoms with Crippen LogP contribution in [0.5, 0.6) is 0 Å². The zero-order chi connectivity index (χ0) is 24.9. The standard InChI is InChI=1S/C26H27N9O/c1-18-4-3-5-21(29-18)24-27-12-10-22(32-24)31-23-11-13-28-26(33-23)30-20-8-6-19(7-9-20)25(36)35-16-14-34(2)15-17-35/h3-13H,14-17H2,1-2H3,(H2,27,28,30,31,32,33). The van der Waals surface area contributed by atoms with Crippen LogP contribution >= 0.6 is 0 Å². The maximum atomic E-state index is 12.8. The quantitative estimate of drug-likeness (QED) is 0.427. The second-order valence-corrected chi connectivity index (χ2v) is 8.62. The van der Waals surface area contributed by atoms with Crippen molar-refractivity contribution in [2.24, 2.45) is 0 Å². The first-order chi connectivity index (χ1) is 17.5. The van der Waals surface area contributed by atoms with Gasteiger partial charge < -0.3 is 20.4 Å². The van der Waals surface area contributed by atoms with Crippen molar-refractivity contribution in [3.63, 3.8) is 0 Å². The molecule has 182 valence electrons. The molecule has 0 saturated carbocycles. The van der Waals surface area contributed by atoms with Gasteiger partial charge in [-0.1, -0.05) is 6.07 Å². The van der Waals surface area contributed by atoms with Crippen molar-refractivity contribution in [1.29, 1.82) is 0 Å². The lowest BCUT2D eigenvalue weighted by molar-refractivity contribution is 0.0664. The Morgan fingerprint density at radius 2 is 1.53 bits per heavy atom. The molecular weight excluding hydrogens is 454 g/mol. The molecule has 0 atom stereocenters. The predicted molar refractivity (Wildman–Crippen MR) is 138 cm³/mol. The molecule has 36 heavy (non-hydrogen) atoms. The minimum atomic E-state index is 0.0576. The summed E-state index contributed by atoms with van der Waals surface area (Å²) >= 11 is 0. The number of rotatable bonds is 6. The summed E-state index contributed by atoms with van der Waals surface area (Å²) in [6.07, 6.45) is 3.34. The largest absolute Gasteiger partial charge is 0.336 e. The van der Waals surface area contributed by atoms with Crippen LogP contribution in [-0.2, 0) is 0 Å². The van der Waals surface area contributed by atoms with E-state index in [0.29, 0.717) is 34.7 Å². The molecule has 1 aliphatic heterocycles. The normalized spacial score (nSPS) is 13.9. The number of piperazine rings is 1. The van der Waals surface area contributed by atoms with E-state index >= 15 is 0 Å². The highest BCUT2D eigenvalue weighted by Crippen LogP contribution is 2.20. The molecule has 1 aromatic carbocycles. The van der Waals surface area contributed by atoms with Crippen LogP contribution in [0.25, 0.3) is 11.5 Å². The molecule has 2 N–H and O–H groups in total. The highest BCUT2D eigenvalue weighted by Gasteiger charge is 2.20. The summed E-state index contributed by atoms with van der Waals surface area (Å²) in [4.78, 5) is 39.1. The SMILES string of the molecule is Cc1cccc(-c2nccc(Nc3ccnc(Nc4ccc(C(=O)N5CCN(C)CC5)cc4)n3)n2)n1. The molecule has 0 unspecified atom stereocenters. The molecule has 1 fully saturated rings. The van der Waals surface area contributed by atoms with Crippen LogP contribution in [0.4, 0.5) is 23.3 Å². The molecule has 1 saturated heterocycles. The fourth-order valence-electron chi connectivity index (χ4n) is 3.86. The Hall–Kier alpha value is -4.44. The Morgan fingerprint density at radius 3 is 2.28 bits per heavy atom. The van der Waals surface area contributed by atoms with Gasteiger partial charge in [-0.05, 0) is 62.5 Å². The Kier molecular flexibility index (Phi) is 6.76. The van der Waals surface area contributed by atoms with E-state index in [1.165, 1.54) is 0 Å². The highest BCUT2D eigenvalue weighted by molar-refractivity contribution is 5.94. The third kappa shape index (κ3) is 5.61. The molecule has 1 aliphatic rings.